The average Bonchev–Trinajstić information content (AvgIpc) is 2.59. The smallest absolute Gasteiger partial charge is 0.226 e. The molecule has 1 N–H and O–H groups in total. The number of aryl methyl sites for hydroxylation is 2. The van der Waals surface area contributed by atoms with Crippen LogP contribution >= 0.6 is 0 Å². The van der Waals surface area contributed by atoms with Crippen LogP contribution in [0, 0.1) is 13.8 Å². The van der Waals surface area contributed by atoms with Crippen LogP contribution < -0.4 is 15.0 Å². The van der Waals surface area contributed by atoms with Gasteiger partial charge in [0.25, 0.3) is 0 Å². The monoisotopic (exact) mass is 354 g/mol. The van der Waals surface area contributed by atoms with E-state index in [-0.39, 0.29) is 18.2 Å². The molecule has 0 aliphatic heterocycles. The van der Waals surface area contributed by atoms with Gasteiger partial charge in [-0.15, -0.1) is 0 Å². The standard InChI is InChI=1S/C21H26N2O3/c1-5-26-20-9-7-6-8-18(20)22-21(25)12-13-23(17(4)24)19-14-15(2)10-11-16(19)3/h6-11,14H,5,12-13H2,1-4H3,(H,22,25). The number of amides is 2. The lowest BCUT2D eigenvalue weighted by molar-refractivity contribution is -0.117. The minimum atomic E-state index is -0.159. The molecule has 2 aromatic carbocycles. The van der Waals surface area contributed by atoms with Crippen molar-refractivity contribution in [3.8, 4) is 5.75 Å². The van der Waals surface area contributed by atoms with Crippen molar-refractivity contribution in [2.45, 2.75) is 34.1 Å². The van der Waals surface area contributed by atoms with Gasteiger partial charge in [-0.2, -0.15) is 0 Å². The number of hydrogen-bond acceptors (Lipinski definition) is 3. The third-order valence-electron chi connectivity index (χ3n) is 4.06. The van der Waals surface area contributed by atoms with E-state index in [2.05, 4.69) is 5.32 Å². The molecule has 2 aromatic rings. The summed E-state index contributed by atoms with van der Waals surface area (Å²) in [4.78, 5) is 26.1. The van der Waals surface area contributed by atoms with E-state index in [1.165, 1.54) is 6.92 Å². The lowest BCUT2D eigenvalue weighted by Crippen LogP contribution is -2.32. The lowest BCUT2D eigenvalue weighted by Gasteiger charge is -2.23. The molecule has 0 heterocycles. The van der Waals surface area contributed by atoms with E-state index in [4.69, 9.17) is 4.74 Å². The van der Waals surface area contributed by atoms with Crippen LogP contribution in [-0.2, 0) is 9.59 Å². The number of carbonyl (C=O) groups is 2. The number of hydrogen-bond donors (Lipinski definition) is 1. The predicted octanol–water partition coefficient (Wildman–Crippen LogP) is 4.08. The molecule has 0 saturated heterocycles. The second-order valence-electron chi connectivity index (χ2n) is 6.19. The van der Waals surface area contributed by atoms with Gasteiger partial charge in [0, 0.05) is 25.6 Å². The summed E-state index contributed by atoms with van der Waals surface area (Å²) in [6.45, 7) is 8.21. The van der Waals surface area contributed by atoms with Crippen molar-refractivity contribution in [3.63, 3.8) is 0 Å². The van der Waals surface area contributed by atoms with E-state index in [1.807, 2.05) is 57.2 Å². The van der Waals surface area contributed by atoms with Crippen LogP contribution in [0.4, 0.5) is 11.4 Å². The Morgan fingerprint density at radius 2 is 1.85 bits per heavy atom. The first-order chi connectivity index (χ1) is 12.4. The molecular formula is C21H26N2O3. The van der Waals surface area contributed by atoms with Crippen molar-refractivity contribution < 1.29 is 14.3 Å². The van der Waals surface area contributed by atoms with Gasteiger partial charge in [-0.05, 0) is 50.1 Å². The Bertz CT molecular complexity index is 787. The molecule has 0 aliphatic carbocycles. The molecule has 138 valence electrons. The zero-order chi connectivity index (χ0) is 19.1. The maximum atomic E-state index is 12.4. The molecule has 0 aromatic heterocycles. The summed E-state index contributed by atoms with van der Waals surface area (Å²) in [6, 6.07) is 13.3. The van der Waals surface area contributed by atoms with Crippen molar-refractivity contribution in [2.24, 2.45) is 0 Å². The zero-order valence-electron chi connectivity index (χ0n) is 15.8. The van der Waals surface area contributed by atoms with Gasteiger partial charge in [0.2, 0.25) is 11.8 Å². The van der Waals surface area contributed by atoms with E-state index in [9.17, 15) is 9.59 Å². The molecule has 0 spiro atoms. The Kier molecular flexibility index (Phi) is 6.78. The van der Waals surface area contributed by atoms with Gasteiger partial charge in [-0.1, -0.05) is 24.3 Å². The molecular weight excluding hydrogens is 328 g/mol. The molecule has 26 heavy (non-hydrogen) atoms. The molecule has 0 saturated carbocycles. The van der Waals surface area contributed by atoms with Crippen LogP contribution in [0.25, 0.3) is 0 Å². The van der Waals surface area contributed by atoms with E-state index >= 15 is 0 Å². The number of carbonyl (C=O) groups excluding carboxylic acids is 2. The Balaban J connectivity index is 2.07. The summed E-state index contributed by atoms with van der Waals surface area (Å²) < 4.78 is 5.52. The maximum absolute atomic E-state index is 12.4. The van der Waals surface area contributed by atoms with Crippen molar-refractivity contribution in [2.75, 3.05) is 23.4 Å². The van der Waals surface area contributed by atoms with Gasteiger partial charge < -0.3 is 15.0 Å². The Morgan fingerprint density at radius 1 is 1.12 bits per heavy atom. The molecule has 2 amide bonds. The summed E-state index contributed by atoms with van der Waals surface area (Å²) in [5, 5.41) is 2.87. The summed E-state index contributed by atoms with van der Waals surface area (Å²) in [5.74, 6) is 0.399. The highest BCUT2D eigenvalue weighted by Crippen LogP contribution is 2.25. The van der Waals surface area contributed by atoms with Crippen LogP contribution in [0.2, 0.25) is 0 Å². The van der Waals surface area contributed by atoms with Crippen LogP contribution in [0.3, 0.4) is 0 Å². The molecule has 2 rings (SSSR count). The zero-order valence-corrected chi connectivity index (χ0v) is 15.8. The van der Waals surface area contributed by atoms with E-state index in [0.29, 0.717) is 24.6 Å². The highest BCUT2D eigenvalue weighted by molar-refractivity contribution is 5.96. The SMILES string of the molecule is CCOc1ccccc1NC(=O)CCN(C(C)=O)c1cc(C)ccc1C. The number of nitrogens with zero attached hydrogens (tertiary/aromatic N) is 1. The molecule has 0 atom stereocenters. The van der Waals surface area contributed by atoms with Gasteiger partial charge in [0.05, 0.1) is 12.3 Å². The van der Waals surface area contributed by atoms with Gasteiger partial charge in [0.1, 0.15) is 5.75 Å². The Labute approximate surface area is 155 Å². The minimum absolute atomic E-state index is 0.0822. The lowest BCUT2D eigenvalue weighted by atomic mass is 10.1. The fraction of sp³-hybridized carbons (Fsp3) is 0.333. The van der Waals surface area contributed by atoms with Gasteiger partial charge >= 0.3 is 0 Å². The minimum Gasteiger partial charge on any atom is -0.492 e. The van der Waals surface area contributed by atoms with Gasteiger partial charge in [-0.25, -0.2) is 0 Å². The molecule has 0 radical (unpaired) electrons. The van der Waals surface area contributed by atoms with Crippen LogP contribution in [0.5, 0.6) is 5.75 Å². The predicted molar refractivity (Wildman–Crippen MR) is 105 cm³/mol. The topological polar surface area (TPSA) is 58.6 Å². The largest absolute Gasteiger partial charge is 0.492 e. The second kappa shape index (κ2) is 9.04. The first kappa shape index (κ1) is 19.5. The van der Waals surface area contributed by atoms with Crippen LogP contribution in [0.1, 0.15) is 31.4 Å². The Hall–Kier alpha value is -2.82. The number of rotatable bonds is 7. The van der Waals surface area contributed by atoms with Crippen molar-refractivity contribution >= 4 is 23.2 Å². The molecule has 0 fully saturated rings. The number of benzene rings is 2. The summed E-state index contributed by atoms with van der Waals surface area (Å²) in [5.41, 5.74) is 3.57. The fourth-order valence-electron chi connectivity index (χ4n) is 2.74. The summed E-state index contributed by atoms with van der Waals surface area (Å²) in [7, 11) is 0. The van der Waals surface area contributed by atoms with Crippen molar-refractivity contribution in [1.29, 1.82) is 0 Å². The van der Waals surface area contributed by atoms with Crippen LogP contribution in [-0.4, -0.2) is 25.0 Å². The number of nitrogens with one attached hydrogen (secondary N) is 1. The molecule has 5 nitrogen and oxygen atoms in total. The highest BCUT2D eigenvalue weighted by atomic mass is 16.5. The van der Waals surface area contributed by atoms with Crippen molar-refractivity contribution in [1.82, 2.24) is 0 Å². The Morgan fingerprint density at radius 3 is 2.54 bits per heavy atom. The van der Waals surface area contributed by atoms with E-state index < -0.39 is 0 Å². The molecule has 0 bridgehead atoms. The van der Waals surface area contributed by atoms with E-state index in [0.717, 1.165) is 16.8 Å². The summed E-state index contributed by atoms with van der Waals surface area (Å²) >= 11 is 0. The first-order valence-corrected chi connectivity index (χ1v) is 8.79. The first-order valence-electron chi connectivity index (χ1n) is 8.79. The third kappa shape index (κ3) is 5.09. The fourth-order valence-corrected chi connectivity index (χ4v) is 2.74. The molecule has 0 unspecified atom stereocenters. The van der Waals surface area contributed by atoms with E-state index in [1.54, 1.807) is 11.0 Å². The molecule has 5 heteroatoms. The highest BCUT2D eigenvalue weighted by Gasteiger charge is 2.16. The third-order valence-corrected chi connectivity index (χ3v) is 4.06. The quantitative estimate of drug-likeness (QED) is 0.815. The van der Waals surface area contributed by atoms with Crippen LogP contribution in [0.15, 0.2) is 42.5 Å². The number of para-hydroxylation sites is 2. The second-order valence-corrected chi connectivity index (χ2v) is 6.19. The maximum Gasteiger partial charge on any atom is 0.226 e. The number of ether oxygens (including phenoxy) is 1. The average molecular weight is 354 g/mol. The number of anilines is 2. The van der Waals surface area contributed by atoms with Gasteiger partial charge in [-0.3, -0.25) is 9.59 Å². The van der Waals surface area contributed by atoms with Gasteiger partial charge in [0.15, 0.2) is 0 Å². The molecule has 0 aliphatic rings. The summed E-state index contributed by atoms with van der Waals surface area (Å²) in [6.07, 6.45) is 0.202. The van der Waals surface area contributed by atoms with Crippen molar-refractivity contribution in [3.05, 3.63) is 53.6 Å². The normalized spacial score (nSPS) is 10.3.